The van der Waals surface area contributed by atoms with Gasteiger partial charge in [-0.15, -0.1) is 0 Å². The third-order valence-corrected chi connectivity index (χ3v) is 6.17. The van der Waals surface area contributed by atoms with Gasteiger partial charge < -0.3 is 4.74 Å². The number of benzene rings is 2. The van der Waals surface area contributed by atoms with Gasteiger partial charge in [-0.05, 0) is 55.4 Å². The Morgan fingerprint density at radius 3 is 2.58 bits per heavy atom. The molecular weight excluding hydrogens is 440 g/mol. The van der Waals surface area contributed by atoms with Crippen molar-refractivity contribution in [2.45, 2.75) is 23.6 Å². The summed E-state index contributed by atoms with van der Waals surface area (Å²) < 4.78 is 4.77. The van der Waals surface area contributed by atoms with Gasteiger partial charge in [-0.25, -0.2) is 0 Å². The number of aryl methyl sites for hydroxylation is 1. The Morgan fingerprint density at radius 1 is 1.23 bits per heavy atom. The molecular formula is C21H18N2O6S2. The van der Waals surface area contributed by atoms with Crippen LogP contribution in [0.2, 0.25) is 0 Å². The molecule has 0 N–H and O–H groups in total. The highest BCUT2D eigenvalue weighted by atomic mass is 32.2. The van der Waals surface area contributed by atoms with Crippen LogP contribution in [0, 0.1) is 17.0 Å². The molecule has 1 heterocycles. The lowest BCUT2D eigenvalue weighted by Gasteiger charge is -2.10. The third-order valence-electron chi connectivity index (χ3n) is 4.19. The van der Waals surface area contributed by atoms with Crippen LogP contribution in [-0.4, -0.2) is 40.1 Å². The summed E-state index contributed by atoms with van der Waals surface area (Å²) in [4.78, 5) is 49.5. The van der Waals surface area contributed by atoms with Gasteiger partial charge in [0.05, 0.1) is 21.3 Å². The first-order chi connectivity index (χ1) is 14.8. The standard InChI is InChI=1S/C21H18N2O6S2/c1-3-29-19(24)12-22-20(25)18(31-21(22)26)11-14-6-9-17(16(10-14)23(27)28)30-15-7-4-13(2)5-8-15/h4-11H,3,12H2,1-2H3. The smallest absolute Gasteiger partial charge is 0.326 e. The van der Waals surface area contributed by atoms with Gasteiger partial charge in [0, 0.05) is 11.0 Å². The zero-order valence-electron chi connectivity index (χ0n) is 16.7. The minimum absolute atomic E-state index is 0.0857. The number of nitro groups is 1. The van der Waals surface area contributed by atoms with Crippen molar-refractivity contribution >= 4 is 52.4 Å². The molecule has 1 saturated heterocycles. The van der Waals surface area contributed by atoms with E-state index in [2.05, 4.69) is 0 Å². The molecule has 0 atom stereocenters. The molecule has 31 heavy (non-hydrogen) atoms. The molecule has 160 valence electrons. The Balaban J connectivity index is 1.83. The van der Waals surface area contributed by atoms with Gasteiger partial charge in [-0.2, -0.15) is 0 Å². The van der Waals surface area contributed by atoms with Crippen LogP contribution in [-0.2, 0) is 14.3 Å². The van der Waals surface area contributed by atoms with E-state index in [0.29, 0.717) is 22.2 Å². The monoisotopic (exact) mass is 458 g/mol. The number of amides is 2. The highest BCUT2D eigenvalue weighted by Crippen LogP contribution is 2.37. The van der Waals surface area contributed by atoms with Crippen LogP contribution < -0.4 is 0 Å². The molecule has 3 rings (SSSR count). The van der Waals surface area contributed by atoms with Crippen molar-refractivity contribution in [1.82, 2.24) is 4.90 Å². The van der Waals surface area contributed by atoms with Gasteiger partial charge in [0.25, 0.3) is 16.8 Å². The fourth-order valence-corrected chi connectivity index (χ4v) is 4.45. The molecule has 2 aromatic carbocycles. The second kappa shape index (κ2) is 9.80. The largest absolute Gasteiger partial charge is 0.465 e. The SMILES string of the molecule is CCOC(=O)CN1C(=O)SC(=Cc2ccc(Sc3ccc(C)cc3)c([N+](=O)[O-])c2)C1=O. The number of hydrogen-bond acceptors (Lipinski definition) is 8. The molecule has 0 aromatic heterocycles. The summed E-state index contributed by atoms with van der Waals surface area (Å²) in [5.41, 5.74) is 1.39. The van der Waals surface area contributed by atoms with Crippen molar-refractivity contribution in [2.75, 3.05) is 13.2 Å². The van der Waals surface area contributed by atoms with E-state index in [-0.39, 0.29) is 17.2 Å². The quantitative estimate of drug-likeness (QED) is 0.255. The molecule has 10 heteroatoms. The lowest BCUT2D eigenvalue weighted by atomic mass is 10.2. The first-order valence-electron chi connectivity index (χ1n) is 9.22. The van der Waals surface area contributed by atoms with Crippen molar-refractivity contribution < 1.29 is 24.0 Å². The van der Waals surface area contributed by atoms with E-state index < -0.39 is 28.6 Å². The van der Waals surface area contributed by atoms with Gasteiger partial charge in [0.15, 0.2) is 0 Å². The molecule has 0 spiro atoms. The fraction of sp³-hybridized carbons (Fsp3) is 0.190. The normalized spacial score (nSPS) is 14.9. The number of ether oxygens (including phenoxy) is 1. The summed E-state index contributed by atoms with van der Waals surface area (Å²) in [6, 6.07) is 12.2. The molecule has 8 nitrogen and oxygen atoms in total. The summed E-state index contributed by atoms with van der Waals surface area (Å²) in [5.74, 6) is -1.32. The molecule has 0 unspecified atom stereocenters. The predicted octanol–water partition coefficient (Wildman–Crippen LogP) is 4.65. The maximum atomic E-state index is 12.5. The van der Waals surface area contributed by atoms with Crippen molar-refractivity contribution in [3.8, 4) is 0 Å². The summed E-state index contributed by atoms with van der Waals surface area (Å²) in [5, 5.41) is 11.0. The number of hydrogen-bond donors (Lipinski definition) is 0. The number of esters is 1. The van der Waals surface area contributed by atoms with E-state index >= 15 is 0 Å². The molecule has 1 aliphatic heterocycles. The summed E-state index contributed by atoms with van der Waals surface area (Å²) >= 11 is 1.94. The first-order valence-corrected chi connectivity index (χ1v) is 10.9. The predicted molar refractivity (Wildman–Crippen MR) is 118 cm³/mol. The van der Waals surface area contributed by atoms with Gasteiger partial charge in [-0.3, -0.25) is 29.4 Å². The average Bonchev–Trinajstić information content (AvgIpc) is 2.98. The van der Waals surface area contributed by atoms with E-state index in [4.69, 9.17) is 4.74 Å². The number of imide groups is 1. The van der Waals surface area contributed by atoms with Crippen LogP contribution in [0.5, 0.6) is 0 Å². The molecule has 1 aliphatic rings. The Kier molecular flexibility index (Phi) is 7.13. The van der Waals surface area contributed by atoms with E-state index in [1.807, 2.05) is 31.2 Å². The molecule has 2 aromatic rings. The Morgan fingerprint density at radius 2 is 1.94 bits per heavy atom. The zero-order valence-corrected chi connectivity index (χ0v) is 18.3. The van der Waals surface area contributed by atoms with Gasteiger partial charge in [0.2, 0.25) is 0 Å². The second-order valence-corrected chi connectivity index (χ2v) is 8.58. The molecule has 0 radical (unpaired) electrons. The second-order valence-electron chi connectivity index (χ2n) is 6.47. The van der Waals surface area contributed by atoms with E-state index in [9.17, 15) is 24.5 Å². The molecule has 0 saturated carbocycles. The third kappa shape index (κ3) is 5.53. The molecule has 2 amide bonds. The number of carbonyl (C=O) groups excluding carboxylic acids is 3. The Labute approximate surface area is 186 Å². The minimum Gasteiger partial charge on any atom is -0.465 e. The number of nitro benzene ring substituents is 1. The topological polar surface area (TPSA) is 107 Å². The fourth-order valence-electron chi connectivity index (χ4n) is 2.71. The number of nitrogens with zero attached hydrogens (tertiary/aromatic N) is 2. The first kappa shape index (κ1) is 22.6. The molecule has 0 aliphatic carbocycles. The number of thioether (sulfide) groups is 1. The average molecular weight is 459 g/mol. The molecule has 0 bridgehead atoms. The Hall–Kier alpha value is -3.11. The highest BCUT2D eigenvalue weighted by Gasteiger charge is 2.36. The maximum Gasteiger partial charge on any atom is 0.326 e. The number of carbonyl (C=O) groups is 3. The van der Waals surface area contributed by atoms with Crippen LogP contribution in [0.1, 0.15) is 18.1 Å². The van der Waals surface area contributed by atoms with Crippen LogP contribution in [0.15, 0.2) is 57.2 Å². The van der Waals surface area contributed by atoms with Crippen molar-refractivity contribution in [3.05, 3.63) is 68.6 Å². The van der Waals surface area contributed by atoms with Crippen LogP contribution in [0.25, 0.3) is 6.08 Å². The lowest BCUT2D eigenvalue weighted by molar-refractivity contribution is -0.387. The zero-order chi connectivity index (χ0) is 22.5. The number of rotatable bonds is 7. The summed E-state index contributed by atoms with van der Waals surface area (Å²) in [6.07, 6.45) is 1.41. The van der Waals surface area contributed by atoms with E-state index in [0.717, 1.165) is 15.4 Å². The van der Waals surface area contributed by atoms with Crippen LogP contribution >= 0.6 is 23.5 Å². The maximum absolute atomic E-state index is 12.5. The van der Waals surface area contributed by atoms with E-state index in [1.165, 1.54) is 23.9 Å². The summed E-state index contributed by atoms with van der Waals surface area (Å²) in [7, 11) is 0. The van der Waals surface area contributed by atoms with Gasteiger partial charge >= 0.3 is 5.97 Å². The summed E-state index contributed by atoms with van der Waals surface area (Å²) in [6.45, 7) is 3.25. The lowest BCUT2D eigenvalue weighted by Crippen LogP contribution is -2.34. The van der Waals surface area contributed by atoms with Crippen LogP contribution in [0.4, 0.5) is 10.5 Å². The highest BCUT2D eigenvalue weighted by molar-refractivity contribution is 8.18. The Bertz CT molecular complexity index is 1080. The van der Waals surface area contributed by atoms with Crippen molar-refractivity contribution in [1.29, 1.82) is 0 Å². The van der Waals surface area contributed by atoms with E-state index in [1.54, 1.807) is 19.1 Å². The molecule has 1 fully saturated rings. The van der Waals surface area contributed by atoms with Gasteiger partial charge in [-0.1, -0.05) is 35.5 Å². The van der Waals surface area contributed by atoms with Gasteiger partial charge in [0.1, 0.15) is 6.54 Å². The minimum atomic E-state index is -0.681. The van der Waals surface area contributed by atoms with Crippen molar-refractivity contribution in [2.24, 2.45) is 0 Å². The van der Waals surface area contributed by atoms with Crippen molar-refractivity contribution in [3.63, 3.8) is 0 Å². The van der Waals surface area contributed by atoms with Crippen LogP contribution in [0.3, 0.4) is 0 Å².